The highest BCUT2D eigenvalue weighted by Gasteiger charge is 2.13. The van der Waals surface area contributed by atoms with E-state index in [0.717, 1.165) is 45.6 Å². The average molecular weight is 382 g/mol. The van der Waals surface area contributed by atoms with Gasteiger partial charge in [-0.1, -0.05) is 48.5 Å². The summed E-state index contributed by atoms with van der Waals surface area (Å²) in [6, 6.07) is 26.3. The van der Waals surface area contributed by atoms with Crippen molar-refractivity contribution in [2.45, 2.75) is 38.1 Å². The number of nitrogens with one attached hydrogen (secondary N) is 2. The largest absolute Gasteiger partial charge is 0.354 e. The minimum Gasteiger partial charge on any atom is -0.354 e. The number of para-hydroxylation sites is 2. The van der Waals surface area contributed by atoms with Crippen LogP contribution in [-0.2, 0) is 6.42 Å². The third-order valence-electron chi connectivity index (χ3n) is 5.99. The Labute approximate surface area is 172 Å². The molecule has 0 saturated carbocycles. The first-order valence-electron chi connectivity index (χ1n) is 10.7. The van der Waals surface area contributed by atoms with E-state index in [4.69, 9.17) is 4.98 Å². The van der Waals surface area contributed by atoms with Gasteiger partial charge in [-0.2, -0.15) is 0 Å². The maximum Gasteiger partial charge on any atom is 0.0730 e. The van der Waals surface area contributed by atoms with Gasteiger partial charge < -0.3 is 10.6 Å². The van der Waals surface area contributed by atoms with Crippen molar-refractivity contribution in [2.24, 2.45) is 0 Å². The molecule has 0 amide bonds. The van der Waals surface area contributed by atoms with Gasteiger partial charge in [0.2, 0.25) is 0 Å². The summed E-state index contributed by atoms with van der Waals surface area (Å²) in [7, 11) is 0. The molecule has 1 fully saturated rings. The smallest absolute Gasteiger partial charge is 0.0730 e. The molecule has 1 aromatic heterocycles. The van der Waals surface area contributed by atoms with Crippen molar-refractivity contribution < 1.29 is 0 Å². The zero-order chi connectivity index (χ0) is 19.5. The topological polar surface area (TPSA) is 37.0 Å². The molecule has 1 unspecified atom stereocenters. The molecule has 0 radical (unpaired) electrons. The van der Waals surface area contributed by atoms with Crippen LogP contribution in [0.15, 0.2) is 72.8 Å². The molecule has 1 aliphatic rings. The highest BCUT2D eigenvalue weighted by Crippen LogP contribution is 2.33. The van der Waals surface area contributed by atoms with Gasteiger partial charge in [-0.15, -0.1) is 0 Å². The minimum atomic E-state index is 0.740. The first-order valence-corrected chi connectivity index (χ1v) is 10.7. The molecular formula is C26H27N3. The maximum absolute atomic E-state index is 4.82. The van der Waals surface area contributed by atoms with Crippen molar-refractivity contribution in [1.29, 1.82) is 0 Å². The molecule has 5 rings (SSSR count). The molecule has 1 atom stereocenters. The van der Waals surface area contributed by atoms with Crippen LogP contribution in [0.1, 0.15) is 31.2 Å². The lowest BCUT2D eigenvalue weighted by Crippen LogP contribution is -2.20. The number of pyridine rings is 1. The number of nitrogens with zero attached hydrogens (tertiary/aromatic N) is 1. The number of rotatable bonds is 6. The fourth-order valence-corrected chi connectivity index (χ4v) is 4.43. The Kier molecular flexibility index (Phi) is 5.14. The van der Waals surface area contributed by atoms with E-state index < -0.39 is 0 Å². The Morgan fingerprint density at radius 1 is 0.862 bits per heavy atom. The molecule has 0 bridgehead atoms. The van der Waals surface area contributed by atoms with Crippen molar-refractivity contribution in [3.05, 3.63) is 78.4 Å². The van der Waals surface area contributed by atoms with E-state index in [9.17, 15) is 0 Å². The van der Waals surface area contributed by atoms with Gasteiger partial charge in [0.25, 0.3) is 0 Å². The van der Waals surface area contributed by atoms with Crippen LogP contribution in [0.25, 0.3) is 21.8 Å². The van der Waals surface area contributed by atoms with E-state index in [0.29, 0.717) is 0 Å². The van der Waals surface area contributed by atoms with Crippen molar-refractivity contribution in [2.75, 3.05) is 11.9 Å². The van der Waals surface area contributed by atoms with Gasteiger partial charge >= 0.3 is 0 Å². The van der Waals surface area contributed by atoms with Gasteiger partial charge in [-0.05, 0) is 68.5 Å². The summed E-state index contributed by atoms with van der Waals surface area (Å²) in [6.45, 7) is 1.20. The Morgan fingerprint density at radius 3 is 2.21 bits per heavy atom. The molecule has 3 heteroatoms. The average Bonchev–Trinajstić information content (AvgIpc) is 3.28. The predicted octanol–water partition coefficient (Wildman–Crippen LogP) is 6.21. The lowest BCUT2D eigenvalue weighted by molar-refractivity contribution is 0.536. The first-order chi connectivity index (χ1) is 14.4. The second-order valence-corrected chi connectivity index (χ2v) is 8.03. The summed E-state index contributed by atoms with van der Waals surface area (Å²) in [5.41, 5.74) is 5.70. The lowest BCUT2D eigenvalue weighted by atomic mass is 10.0. The fourth-order valence-electron chi connectivity index (χ4n) is 4.43. The quantitative estimate of drug-likeness (QED) is 0.390. The van der Waals surface area contributed by atoms with Crippen molar-refractivity contribution in [1.82, 2.24) is 10.3 Å². The summed E-state index contributed by atoms with van der Waals surface area (Å²) >= 11 is 0. The molecular weight excluding hydrogens is 354 g/mol. The Balaban J connectivity index is 1.36. The monoisotopic (exact) mass is 381 g/mol. The van der Waals surface area contributed by atoms with E-state index >= 15 is 0 Å². The van der Waals surface area contributed by atoms with Gasteiger partial charge in [0, 0.05) is 22.5 Å². The molecule has 4 aromatic rings. The minimum absolute atomic E-state index is 0.740. The van der Waals surface area contributed by atoms with E-state index in [2.05, 4.69) is 71.3 Å². The van der Waals surface area contributed by atoms with E-state index in [1.165, 1.54) is 37.8 Å². The molecule has 3 nitrogen and oxygen atoms in total. The van der Waals surface area contributed by atoms with Gasteiger partial charge in [0.15, 0.2) is 0 Å². The normalized spacial score (nSPS) is 16.5. The van der Waals surface area contributed by atoms with Crippen molar-refractivity contribution >= 4 is 33.2 Å². The Morgan fingerprint density at radius 2 is 1.55 bits per heavy atom. The van der Waals surface area contributed by atoms with Crippen LogP contribution in [0, 0.1) is 0 Å². The predicted molar refractivity (Wildman–Crippen MR) is 123 cm³/mol. The van der Waals surface area contributed by atoms with E-state index in [-0.39, 0.29) is 0 Å². The zero-order valence-electron chi connectivity index (χ0n) is 16.7. The van der Waals surface area contributed by atoms with Crippen LogP contribution in [0.2, 0.25) is 0 Å². The highest BCUT2D eigenvalue weighted by atomic mass is 14.9. The van der Waals surface area contributed by atoms with Gasteiger partial charge in [0.1, 0.15) is 0 Å². The number of hydrogen-bond acceptors (Lipinski definition) is 3. The number of hydrogen-bond donors (Lipinski definition) is 2. The van der Waals surface area contributed by atoms with Crippen LogP contribution >= 0.6 is 0 Å². The number of anilines is 2. The second kappa shape index (κ2) is 8.22. The summed E-state index contributed by atoms with van der Waals surface area (Å²) in [4.78, 5) is 4.82. The number of benzene rings is 3. The van der Waals surface area contributed by atoms with Crippen LogP contribution in [0.3, 0.4) is 0 Å². The number of aromatic nitrogens is 1. The summed E-state index contributed by atoms with van der Waals surface area (Å²) in [5.74, 6) is 0. The Hall–Kier alpha value is -2.91. The zero-order valence-corrected chi connectivity index (χ0v) is 16.7. The van der Waals surface area contributed by atoms with Crippen molar-refractivity contribution in [3.8, 4) is 0 Å². The van der Waals surface area contributed by atoms with E-state index in [1.54, 1.807) is 0 Å². The molecule has 0 aliphatic carbocycles. The first kappa shape index (κ1) is 18.1. The third kappa shape index (κ3) is 3.96. The SMILES string of the molecule is c1ccc2c(Nc3ccc(CCCC4CCCN4)cc3)c3ccccc3nc2c1. The molecule has 2 N–H and O–H groups in total. The fraction of sp³-hybridized carbons (Fsp3) is 0.269. The second-order valence-electron chi connectivity index (χ2n) is 8.03. The van der Waals surface area contributed by atoms with Crippen LogP contribution in [0.4, 0.5) is 11.4 Å². The summed E-state index contributed by atoms with van der Waals surface area (Å²) in [6.07, 6.45) is 6.37. The van der Waals surface area contributed by atoms with Gasteiger partial charge in [0.05, 0.1) is 16.7 Å². The van der Waals surface area contributed by atoms with Crippen molar-refractivity contribution in [3.63, 3.8) is 0 Å². The third-order valence-corrected chi connectivity index (χ3v) is 5.99. The molecule has 1 saturated heterocycles. The van der Waals surface area contributed by atoms with Crippen LogP contribution in [-0.4, -0.2) is 17.6 Å². The maximum atomic E-state index is 4.82. The summed E-state index contributed by atoms with van der Waals surface area (Å²) in [5, 5.41) is 9.57. The number of fused-ring (bicyclic) bond motifs is 2. The molecule has 29 heavy (non-hydrogen) atoms. The van der Waals surface area contributed by atoms with Crippen LogP contribution < -0.4 is 10.6 Å². The lowest BCUT2D eigenvalue weighted by Gasteiger charge is -2.14. The molecule has 2 heterocycles. The molecule has 0 spiro atoms. The number of aryl methyl sites for hydroxylation is 1. The highest BCUT2D eigenvalue weighted by molar-refractivity contribution is 6.08. The van der Waals surface area contributed by atoms with Gasteiger partial charge in [-0.3, -0.25) is 0 Å². The molecule has 146 valence electrons. The molecule has 1 aliphatic heterocycles. The van der Waals surface area contributed by atoms with Gasteiger partial charge in [-0.25, -0.2) is 4.98 Å². The summed E-state index contributed by atoms with van der Waals surface area (Å²) < 4.78 is 0. The van der Waals surface area contributed by atoms with E-state index in [1.807, 2.05) is 12.1 Å². The molecule has 3 aromatic carbocycles. The standard InChI is InChI=1S/C26H27N3/c1-3-12-24-22(10-1)26(23-11-2-4-13-25(23)29-24)28-21-16-14-19(15-17-21)7-5-8-20-9-6-18-27-20/h1-4,10-17,20,27H,5-9,18H2,(H,28,29). The Bertz CT molecular complexity index is 1060. The van der Waals surface area contributed by atoms with Crippen LogP contribution in [0.5, 0.6) is 0 Å².